The maximum Gasteiger partial charge on any atom is 0.251 e. The molecule has 0 radical (unpaired) electrons. The quantitative estimate of drug-likeness (QED) is 0.712. The Labute approximate surface area is 184 Å². The summed E-state index contributed by atoms with van der Waals surface area (Å²) in [6.07, 6.45) is 0. The van der Waals surface area contributed by atoms with Gasteiger partial charge in [0, 0.05) is 12.6 Å². The molecular formula is C23H31N3O4S. The number of nitrogens with two attached hydrogens (primary N) is 1. The van der Waals surface area contributed by atoms with Crippen LogP contribution in [-0.2, 0) is 20.2 Å². The molecule has 2 atom stereocenters. The molecule has 31 heavy (non-hydrogen) atoms. The van der Waals surface area contributed by atoms with Crippen LogP contribution in [0.5, 0.6) is 0 Å². The molecule has 2 unspecified atom stereocenters. The molecule has 0 aromatic heterocycles. The molecule has 0 saturated carbocycles. The number of nitrogens with zero attached hydrogens (tertiary/aromatic N) is 1. The van der Waals surface area contributed by atoms with Crippen molar-refractivity contribution >= 4 is 21.8 Å². The highest BCUT2D eigenvalue weighted by molar-refractivity contribution is 7.89. The normalized spacial score (nSPS) is 13.9. The molecule has 0 aliphatic rings. The fourth-order valence-electron chi connectivity index (χ4n) is 3.12. The number of likely N-dealkylation sites (N-methyl/N-ethyl adjacent to an activating group) is 1. The van der Waals surface area contributed by atoms with Crippen molar-refractivity contribution in [1.82, 2.24) is 10.2 Å². The van der Waals surface area contributed by atoms with Gasteiger partial charge in [-0.05, 0) is 54.7 Å². The highest BCUT2D eigenvalue weighted by Gasteiger charge is 2.25. The third-order valence-corrected chi connectivity index (χ3v) is 6.28. The van der Waals surface area contributed by atoms with Crippen LogP contribution >= 0.6 is 0 Å². The summed E-state index contributed by atoms with van der Waals surface area (Å²) >= 11 is 0. The third kappa shape index (κ3) is 6.15. The Hall–Kier alpha value is -2.71. The number of rotatable bonds is 6. The minimum Gasteiger partial charge on any atom is -0.341 e. The number of sulfonamides is 1. The minimum absolute atomic E-state index is 0.00976. The van der Waals surface area contributed by atoms with Crippen LogP contribution in [0.4, 0.5) is 0 Å². The lowest BCUT2D eigenvalue weighted by molar-refractivity contribution is -0.133. The molecule has 2 aromatic rings. The van der Waals surface area contributed by atoms with Gasteiger partial charge in [0.1, 0.15) is 6.04 Å². The summed E-state index contributed by atoms with van der Waals surface area (Å²) in [5, 5.41) is 7.87. The average molecular weight is 446 g/mol. The Kier molecular flexibility index (Phi) is 7.28. The van der Waals surface area contributed by atoms with Gasteiger partial charge in [-0.15, -0.1) is 0 Å². The zero-order valence-electron chi connectivity index (χ0n) is 18.8. The van der Waals surface area contributed by atoms with E-state index < -0.39 is 16.1 Å². The monoisotopic (exact) mass is 445 g/mol. The van der Waals surface area contributed by atoms with Crippen molar-refractivity contribution in [3.63, 3.8) is 0 Å². The van der Waals surface area contributed by atoms with Crippen LogP contribution < -0.4 is 10.5 Å². The van der Waals surface area contributed by atoms with Crippen molar-refractivity contribution < 1.29 is 18.0 Å². The molecular weight excluding hydrogens is 414 g/mol. The van der Waals surface area contributed by atoms with E-state index in [9.17, 15) is 18.0 Å². The lowest BCUT2D eigenvalue weighted by atomic mass is 9.86. The van der Waals surface area contributed by atoms with Crippen molar-refractivity contribution in [1.29, 1.82) is 0 Å². The second-order valence-electron chi connectivity index (χ2n) is 8.76. The van der Waals surface area contributed by atoms with E-state index in [1.165, 1.54) is 17.0 Å². The fraction of sp³-hybridized carbons (Fsp3) is 0.391. The molecule has 8 heteroatoms. The SMILES string of the molecule is CC(NC(=O)c1ccc(C(C)(C)C)cc1)C(=O)N(C)C(C)c1ccc(S(N)(=O)=O)cc1. The number of hydrogen-bond donors (Lipinski definition) is 2. The highest BCUT2D eigenvalue weighted by atomic mass is 32.2. The summed E-state index contributed by atoms with van der Waals surface area (Å²) in [7, 11) is -2.13. The van der Waals surface area contributed by atoms with Crippen LogP contribution in [0.3, 0.4) is 0 Å². The van der Waals surface area contributed by atoms with E-state index in [2.05, 4.69) is 26.1 Å². The van der Waals surface area contributed by atoms with Crippen molar-refractivity contribution in [2.24, 2.45) is 5.14 Å². The van der Waals surface area contributed by atoms with Gasteiger partial charge >= 0.3 is 0 Å². The largest absolute Gasteiger partial charge is 0.341 e. The van der Waals surface area contributed by atoms with Crippen LogP contribution in [0.2, 0.25) is 0 Å². The van der Waals surface area contributed by atoms with E-state index in [0.717, 1.165) is 11.1 Å². The number of benzene rings is 2. The van der Waals surface area contributed by atoms with Crippen molar-refractivity contribution in [2.75, 3.05) is 7.05 Å². The van der Waals surface area contributed by atoms with E-state index in [-0.39, 0.29) is 28.2 Å². The smallest absolute Gasteiger partial charge is 0.251 e. The number of primary sulfonamides is 1. The predicted octanol–water partition coefficient (Wildman–Crippen LogP) is 2.97. The van der Waals surface area contributed by atoms with E-state index in [4.69, 9.17) is 5.14 Å². The Bertz CT molecular complexity index is 1040. The molecule has 0 fully saturated rings. The van der Waals surface area contributed by atoms with Gasteiger partial charge in [-0.25, -0.2) is 13.6 Å². The number of amides is 2. The Balaban J connectivity index is 2.05. The third-order valence-electron chi connectivity index (χ3n) is 5.35. The van der Waals surface area contributed by atoms with E-state index >= 15 is 0 Å². The molecule has 2 rings (SSSR count). The lowest BCUT2D eigenvalue weighted by Gasteiger charge is -2.28. The van der Waals surface area contributed by atoms with Gasteiger partial charge in [-0.2, -0.15) is 0 Å². The number of carbonyl (C=O) groups excluding carboxylic acids is 2. The second-order valence-corrected chi connectivity index (χ2v) is 10.3. The molecule has 2 amide bonds. The molecule has 0 spiro atoms. The zero-order chi connectivity index (χ0) is 23.6. The second kappa shape index (κ2) is 9.20. The summed E-state index contributed by atoms with van der Waals surface area (Å²) in [4.78, 5) is 26.9. The van der Waals surface area contributed by atoms with Crippen LogP contribution in [0.25, 0.3) is 0 Å². The molecule has 0 saturated heterocycles. The van der Waals surface area contributed by atoms with Crippen LogP contribution in [0, 0.1) is 0 Å². The predicted molar refractivity (Wildman–Crippen MR) is 121 cm³/mol. The van der Waals surface area contributed by atoms with E-state index in [0.29, 0.717) is 5.56 Å². The van der Waals surface area contributed by atoms with Crippen LogP contribution in [-0.4, -0.2) is 38.2 Å². The van der Waals surface area contributed by atoms with Crippen LogP contribution in [0.1, 0.15) is 62.1 Å². The van der Waals surface area contributed by atoms with E-state index in [1.807, 2.05) is 19.1 Å². The molecule has 0 aliphatic carbocycles. The number of hydrogen-bond acceptors (Lipinski definition) is 4. The molecule has 0 heterocycles. The minimum atomic E-state index is -3.77. The first-order chi connectivity index (χ1) is 14.2. The standard InChI is InChI=1S/C23H31N3O4S/c1-15(25-21(27)18-7-11-19(12-8-18)23(3,4)5)22(28)26(6)16(2)17-9-13-20(14-10-17)31(24,29)30/h7-16H,1-6H3,(H,25,27)(H2,24,29,30). The topological polar surface area (TPSA) is 110 Å². The number of nitrogens with one attached hydrogen (secondary N) is 1. The first-order valence-electron chi connectivity index (χ1n) is 10.0. The van der Waals surface area contributed by atoms with Gasteiger partial charge in [0.25, 0.3) is 5.91 Å². The molecule has 168 valence electrons. The van der Waals surface area contributed by atoms with Gasteiger partial charge in [0.05, 0.1) is 10.9 Å². The van der Waals surface area contributed by atoms with Gasteiger partial charge < -0.3 is 10.2 Å². The molecule has 0 bridgehead atoms. The van der Waals surface area contributed by atoms with Gasteiger partial charge in [-0.1, -0.05) is 45.0 Å². The average Bonchev–Trinajstić information content (AvgIpc) is 2.70. The molecule has 7 nitrogen and oxygen atoms in total. The van der Waals surface area contributed by atoms with Crippen molar-refractivity contribution in [2.45, 2.75) is 57.0 Å². The van der Waals surface area contributed by atoms with Gasteiger partial charge in [0.15, 0.2) is 0 Å². The summed E-state index contributed by atoms with van der Waals surface area (Å²) in [5.41, 5.74) is 2.35. The first-order valence-corrected chi connectivity index (χ1v) is 11.6. The van der Waals surface area contributed by atoms with Crippen molar-refractivity contribution in [3.8, 4) is 0 Å². The fourth-order valence-corrected chi connectivity index (χ4v) is 3.63. The first kappa shape index (κ1) is 24.6. The van der Waals surface area contributed by atoms with Crippen molar-refractivity contribution in [3.05, 3.63) is 65.2 Å². The Morgan fingerprint density at radius 2 is 1.48 bits per heavy atom. The highest BCUT2D eigenvalue weighted by Crippen LogP contribution is 2.23. The maximum atomic E-state index is 12.8. The maximum absolute atomic E-state index is 12.8. The lowest BCUT2D eigenvalue weighted by Crippen LogP contribution is -2.46. The summed E-state index contributed by atoms with van der Waals surface area (Å²) in [6.45, 7) is 9.76. The molecule has 3 N–H and O–H groups in total. The summed E-state index contributed by atoms with van der Waals surface area (Å²) in [5.74, 6) is -0.581. The molecule has 2 aromatic carbocycles. The van der Waals surface area contributed by atoms with Crippen LogP contribution in [0.15, 0.2) is 53.4 Å². The summed E-state index contributed by atoms with van der Waals surface area (Å²) < 4.78 is 22.8. The Morgan fingerprint density at radius 1 is 0.968 bits per heavy atom. The van der Waals surface area contributed by atoms with E-state index in [1.54, 1.807) is 38.2 Å². The van der Waals surface area contributed by atoms with Gasteiger partial charge in [0.2, 0.25) is 15.9 Å². The Morgan fingerprint density at radius 3 is 1.94 bits per heavy atom. The molecule has 0 aliphatic heterocycles. The summed E-state index contributed by atoms with van der Waals surface area (Å²) in [6, 6.07) is 12.3. The zero-order valence-corrected chi connectivity index (χ0v) is 19.7. The van der Waals surface area contributed by atoms with Gasteiger partial charge in [-0.3, -0.25) is 9.59 Å². The number of carbonyl (C=O) groups is 2.